The van der Waals surface area contributed by atoms with Gasteiger partial charge in [0.25, 0.3) is 0 Å². The van der Waals surface area contributed by atoms with E-state index in [0.29, 0.717) is 41.3 Å². The van der Waals surface area contributed by atoms with Gasteiger partial charge in [0.2, 0.25) is 65.0 Å². The Hall–Kier alpha value is -8.34. The zero-order valence-electron chi connectivity index (χ0n) is 47.6. The van der Waals surface area contributed by atoms with Crippen LogP contribution in [0.3, 0.4) is 0 Å². The highest BCUT2D eigenvalue weighted by Gasteiger charge is 2.40. The number of primary amides is 3. The molecule has 1 aliphatic carbocycles. The number of fused-ring (bicyclic) bond motifs is 2. The number of nitrogens with two attached hydrogens (primary N) is 5. The van der Waals surface area contributed by atoms with Crippen LogP contribution in [0.4, 0.5) is 0 Å². The quantitative estimate of drug-likeness (QED) is 0.0197. The van der Waals surface area contributed by atoms with Crippen molar-refractivity contribution in [3.8, 4) is 0 Å². The first-order valence-corrected chi connectivity index (χ1v) is 30.6. The lowest BCUT2D eigenvalue weighted by molar-refractivity contribution is -0.137. The molecule has 0 radical (unpaired) electrons. The average molecular weight is 1220 g/mol. The minimum atomic E-state index is -1.80. The van der Waals surface area contributed by atoms with Gasteiger partial charge in [-0.05, 0) is 61.3 Å². The van der Waals surface area contributed by atoms with E-state index in [-0.39, 0.29) is 50.4 Å². The van der Waals surface area contributed by atoms with E-state index in [4.69, 9.17) is 28.7 Å². The molecule has 2 aromatic carbocycles. The highest BCUT2D eigenvalue weighted by molar-refractivity contribution is 8.77. The molecule has 85 heavy (non-hydrogen) atoms. The molecule has 2 aliphatic rings. The first-order valence-electron chi connectivity index (χ1n) is 28.2. The Morgan fingerprint density at radius 1 is 0.694 bits per heavy atom. The maximum atomic E-state index is 15.1. The number of aliphatic imine (C=N–C) groups is 1. The number of guanidine groups is 1. The molecule has 1 spiro atoms. The summed E-state index contributed by atoms with van der Waals surface area (Å²) in [6.07, 6.45) is 5.43. The van der Waals surface area contributed by atoms with Crippen LogP contribution in [0.2, 0.25) is 0 Å². The zero-order valence-corrected chi connectivity index (χ0v) is 49.2. The van der Waals surface area contributed by atoms with Gasteiger partial charge in [-0.15, -0.1) is 0 Å². The first kappa shape index (κ1) is 65.8. The Labute approximate surface area is 498 Å². The van der Waals surface area contributed by atoms with Gasteiger partial charge in [0.15, 0.2) is 5.96 Å². The van der Waals surface area contributed by atoms with E-state index in [0.717, 1.165) is 41.0 Å². The fourth-order valence-corrected chi connectivity index (χ4v) is 13.6. The fraction of sp³-hybridized carbons (Fsp3) is 0.500. The minimum Gasteiger partial charge on any atom is -0.370 e. The van der Waals surface area contributed by atoms with Crippen molar-refractivity contribution in [2.24, 2.45) is 39.6 Å². The van der Waals surface area contributed by atoms with Crippen molar-refractivity contribution >= 4 is 114 Å². The number of nitrogens with one attached hydrogen (secondary N) is 10. The number of hydrogen-bond donors (Lipinski definition) is 15. The molecule has 0 bridgehead atoms. The van der Waals surface area contributed by atoms with Crippen molar-refractivity contribution in [1.29, 1.82) is 0 Å². The summed E-state index contributed by atoms with van der Waals surface area (Å²) in [6.45, 7) is 3.00. The van der Waals surface area contributed by atoms with Crippen LogP contribution < -0.4 is 71.2 Å². The second-order valence-corrected chi connectivity index (χ2v) is 24.3. The van der Waals surface area contributed by atoms with E-state index >= 15 is 4.79 Å². The van der Waals surface area contributed by atoms with Crippen molar-refractivity contribution in [3.63, 3.8) is 0 Å². The molecule has 3 heterocycles. The van der Waals surface area contributed by atoms with Gasteiger partial charge in [-0.3, -0.25) is 57.7 Å². The average Bonchev–Trinajstić information content (AvgIpc) is 4.04. The van der Waals surface area contributed by atoms with Crippen molar-refractivity contribution < 1.29 is 52.7 Å². The number of H-pyrrole nitrogens is 2. The third-order valence-electron chi connectivity index (χ3n) is 15.0. The lowest BCUT2D eigenvalue weighted by Crippen LogP contribution is -2.61. The minimum absolute atomic E-state index is 0.00854. The van der Waals surface area contributed by atoms with Crippen molar-refractivity contribution in [3.05, 3.63) is 72.1 Å². The first-order chi connectivity index (χ1) is 40.5. The van der Waals surface area contributed by atoms with Gasteiger partial charge in [-0.1, -0.05) is 97.5 Å². The number of aromatic amines is 2. The molecule has 2 fully saturated rings. The summed E-state index contributed by atoms with van der Waals surface area (Å²) < 4.78 is -0.773. The van der Waals surface area contributed by atoms with Crippen molar-refractivity contribution in [1.82, 2.24) is 52.5 Å². The zero-order chi connectivity index (χ0) is 61.8. The van der Waals surface area contributed by atoms with E-state index in [9.17, 15) is 47.9 Å². The molecule has 2 aromatic heterocycles. The van der Waals surface area contributed by atoms with Gasteiger partial charge in [0.1, 0.15) is 42.3 Å². The van der Waals surface area contributed by atoms with Crippen LogP contribution in [0, 0.1) is 5.92 Å². The second-order valence-electron chi connectivity index (χ2n) is 21.5. The summed E-state index contributed by atoms with van der Waals surface area (Å²) >= 11 is 0. The third kappa shape index (κ3) is 19.6. The molecule has 1 aliphatic heterocycles. The summed E-state index contributed by atoms with van der Waals surface area (Å²) in [6, 6.07) is 4.32. The molecule has 1 saturated carbocycles. The van der Waals surface area contributed by atoms with Crippen LogP contribution in [-0.4, -0.2) is 147 Å². The molecule has 460 valence electrons. The molecular weight excluding hydrogens is 1140 g/mol. The van der Waals surface area contributed by atoms with Crippen LogP contribution >= 0.6 is 21.6 Å². The Morgan fingerprint density at radius 3 is 1.95 bits per heavy atom. The van der Waals surface area contributed by atoms with Gasteiger partial charge in [0.05, 0.1) is 13.0 Å². The maximum Gasteiger partial charge on any atom is 0.244 e. The van der Waals surface area contributed by atoms with Gasteiger partial charge in [-0.25, -0.2) is 0 Å². The SMILES string of the molecule is CC[C@H](C)[C@@H]1NC(=O)[C@@H](Cc2c[nH]c3ccccc23)NC(=O)CC2(CCCCC2)SSC[C@@H](C(=O)N[C@@H](Cc2c[nH]c3ccccc23)C(=O)N[C@@H](CCCN=C(N)N)C(=O)NCC(N)=O)NC(=O)[C@H](CC(N)=O)NC(=O)C(CCC(N)=O)NC1=O. The van der Waals surface area contributed by atoms with Crippen LogP contribution in [0.5, 0.6) is 0 Å². The van der Waals surface area contributed by atoms with Crippen LogP contribution in [0.15, 0.2) is 65.9 Å². The molecule has 6 rings (SSSR count). The molecule has 27 nitrogen and oxygen atoms in total. The number of carbonyl (C=O) groups is 11. The molecule has 11 amide bonds. The second kappa shape index (κ2) is 31.5. The predicted octanol–water partition coefficient (Wildman–Crippen LogP) is -0.842. The third-order valence-corrected chi connectivity index (χ3v) is 18.3. The van der Waals surface area contributed by atoms with Crippen LogP contribution in [0.1, 0.15) is 102 Å². The van der Waals surface area contributed by atoms with E-state index < -0.39 is 144 Å². The monoisotopic (exact) mass is 1210 g/mol. The highest BCUT2D eigenvalue weighted by atomic mass is 33.1. The Morgan fingerprint density at radius 2 is 1.32 bits per heavy atom. The van der Waals surface area contributed by atoms with Gasteiger partial charge in [0, 0.05) is 76.9 Å². The number of amides is 11. The standard InChI is InChI=1S/C56H78N16O11S2/c1-3-30(2)47-54(83)68-38(17-18-43(57)73)49(78)70-41(24-44(58)74)51(80)71-42(29-84-85-56(19-9-4-10-20-56)25-46(76)66-39(52(81)72-47)22-31-26-63-35-14-7-5-12-33(31)35)53(82)69-40(23-32-27-64-36-15-8-6-13-34(32)36)50(79)67-37(16-11-21-62-55(60)61)48(77)65-28-45(59)75/h5-8,12-15,26-27,30,37-42,47,63-64H,3-4,9-11,16-25,28-29H2,1-2H3,(H2,57,73)(H2,58,74)(H2,59,75)(H,65,77)(H,66,76)(H,67,79)(H,68,83)(H,69,82)(H,70,78)(H,71,80)(H,72,81)(H4,60,61,62)/t30-,37-,38?,39+,40-,41-,42-,47-/m0/s1. The summed E-state index contributed by atoms with van der Waals surface area (Å²) in [7, 11) is 2.46. The van der Waals surface area contributed by atoms with Gasteiger partial charge >= 0.3 is 0 Å². The largest absolute Gasteiger partial charge is 0.370 e. The van der Waals surface area contributed by atoms with E-state index in [1.54, 1.807) is 50.5 Å². The van der Waals surface area contributed by atoms with E-state index in [1.807, 2.05) is 24.3 Å². The summed E-state index contributed by atoms with van der Waals surface area (Å²) in [5.74, 6) is -10.5. The smallest absolute Gasteiger partial charge is 0.244 e. The fourth-order valence-electron chi connectivity index (χ4n) is 10.2. The number of hydrogen-bond acceptors (Lipinski definition) is 14. The number of rotatable bonds is 22. The number of nitrogens with zero attached hydrogens (tertiary/aromatic N) is 1. The molecule has 29 heteroatoms. The van der Waals surface area contributed by atoms with Gasteiger partial charge in [-0.2, -0.15) is 0 Å². The Kier molecular flexibility index (Phi) is 24.4. The topological polar surface area (TPSA) is 458 Å². The van der Waals surface area contributed by atoms with Crippen molar-refractivity contribution in [2.45, 2.75) is 151 Å². The van der Waals surface area contributed by atoms with Gasteiger partial charge < -0.3 is 81.2 Å². The molecule has 4 aromatic rings. The normalized spacial score (nSPS) is 21.1. The summed E-state index contributed by atoms with van der Waals surface area (Å²) in [5, 5.41) is 22.9. The summed E-state index contributed by atoms with van der Waals surface area (Å²) in [5.41, 5.74) is 30.3. The van der Waals surface area contributed by atoms with Crippen LogP contribution in [0.25, 0.3) is 21.8 Å². The number of benzene rings is 2. The Balaban J connectivity index is 1.40. The maximum absolute atomic E-state index is 15.1. The molecule has 1 unspecified atom stereocenters. The van der Waals surface area contributed by atoms with E-state index in [2.05, 4.69) is 57.5 Å². The number of carbonyl (C=O) groups excluding carboxylic acids is 11. The molecule has 1 saturated heterocycles. The van der Waals surface area contributed by atoms with Crippen LogP contribution in [-0.2, 0) is 65.6 Å². The van der Waals surface area contributed by atoms with E-state index in [1.165, 1.54) is 10.8 Å². The predicted molar refractivity (Wildman–Crippen MR) is 322 cm³/mol. The molecule has 20 N–H and O–H groups in total. The Bertz CT molecular complexity index is 3100. The molecule has 8 atom stereocenters. The number of aromatic nitrogens is 2. The number of para-hydroxylation sites is 2. The lowest BCUT2D eigenvalue weighted by Gasteiger charge is -2.36. The highest BCUT2D eigenvalue weighted by Crippen LogP contribution is 2.48. The molecular formula is C56H78N16O11S2. The van der Waals surface area contributed by atoms with Crippen molar-refractivity contribution in [2.75, 3.05) is 18.8 Å². The summed E-state index contributed by atoms with van der Waals surface area (Å²) in [4.78, 5) is 163. The lowest BCUT2D eigenvalue weighted by atomic mass is 9.85.